The van der Waals surface area contributed by atoms with Gasteiger partial charge in [-0.15, -0.1) is 0 Å². The number of rotatable bonds is 3. The van der Waals surface area contributed by atoms with Gasteiger partial charge >= 0.3 is 0 Å². The van der Waals surface area contributed by atoms with E-state index in [4.69, 9.17) is 0 Å². The number of hydrogen-bond acceptors (Lipinski definition) is 2. The third kappa shape index (κ3) is 2.38. The molecule has 0 amide bonds. The SMILES string of the molecule is CCN[Si](NC)(C(C)(C)C)C(C)(C)C. The standard InChI is InChI=1S/C11H28N2Si/c1-9-13-14(12-8,10(2,3)4)11(5,6)7/h12-13H,9H2,1-8H3. The molecule has 0 heterocycles. The van der Waals surface area contributed by atoms with Crippen LogP contribution in [0.2, 0.25) is 10.1 Å². The van der Waals surface area contributed by atoms with Gasteiger partial charge in [-0.2, -0.15) is 0 Å². The van der Waals surface area contributed by atoms with E-state index in [0.717, 1.165) is 6.54 Å². The Balaban J connectivity index is 5.21. The molecule has 0 aliphatic carbocycles. The van der Waals surface area contributed by atoms with Crippen LogP contribution in [0, 0.1) is 0 Å². The molecule has 0 aromatic carbocycles. The highest BCUT2D eigenvalue weighted by Crippen LogP contribution is 2.46. The molecule has 14 heavy (non-hydrogen) atoms. The van der Waals surface area contributed by atoms with Gasteiger partial charge in [-0.3, -0.25) is 0 Å². The van der Waals surface area contributed by atoms with Crippen LogP contribution in [0.3, 0.4) is 0 Å². The van der Waals surface area contributed by atoms with E-state index in [1.54, 1.807) is 0 Å². The summed E-state index contributed by atoms with van der Waals surface area (Å²) >= 11 is 0. The summed E-state index contributed by atoms with van der Waals surface area (Å²) in [4.78, 5) is 7.38. The molecule has 2 nitrogen and oxygen atoms in total. The molecule has 86 valence electrons. The fourth-order valence-electron chi connectivity index (χ4n) is 2.76. The quantitative estimate of drug-likeness (QED) is 0.709. The molecule has 0 aromatic heterocycles. The zero-order chi connectivity index (χ0) is 11.6. The summed E-state index contributed by atoms with van der Waals surface area (Å²) in [5.74, 6) is 0. The van der Waals surface area contributed by atoms with Crippen LogP contribution in [0.15, 0.2) is 0 Å². The molecular weight excluding hydrogens is 188 g/mol. The van der Waals surface area contributed by atoms with Crippen LogP contribution in [-0.4, -0.2) is 22.0 Å². The second-order valence-electron chi connectivity index (χ2n) is 6.03. The first kappa shape index (κ1) is 14.1. The van der Waals surface area contributed by atoms with Gasteiger partial charge in [0.2, 0.25) is 8.40 Å². The average Bonchev–Trinajstić information content (AvgIpc) is 1.94. The van der Waals surface area contributed by atoms with Crippen molar-refractivity contribution in [1.29, 1.82) is 0 Å². The van der Waals surface area contributed by atoms with Gasteiger partial charge < -0.3 is 9.96 Å². The molecule has 0 aliphatic heterocycles. The molecule has 0 radical (unpaired) electrons. The second-order valence-corrected chi connectivity index (χ2v) is 11.4. The van der Waals surface area contributed by atoms with Gasteiger partial charge in [0.15, 0.2) is 0 Å². The Hall–Kier alpha value is 0.137. The summed E-state index contributed by atoms with van der Waals surface area (Å²) < 4.78 is 0. The molecule has 0 saturated carbocycles. The lowest BCUT2D eigenvalue weighted by Gasteiger charge is -2.51. The van der Waals surface area contributed by atoms with E-state index in [0.29, 0.717) is 10.1 Å². The van der Waals surface area contributed by atoms with Crippen LogP contribution >= 0.6 is 0 Å². The van der Waals surface area contributed by atoms with E-state index in [-0.39, 0.29) is 0 Å². The van der Waals surface area contributed by atoms with Gasteiger partial charge in [-0.05, 0) is 23.7 Å². The summed E-state index contributed by atoms with van der Waals surface area (Å²) in [6, 6.07) is 0. The fourth-order valence-corrected chi connectivity index (χ4v) is 8.28. The van der Waals surface area contributed by atoms with Gasteiger partial charge in [0.1, 0.15) is 0 Å². The van der Waals surface area contributed by atoms with E-state index < -0.39 is 8.40 Å². The lowest BCUT2D eigenvalue weighted by molar-refractivity contribution is 0.558. The summed E-state index contributed by atoms with van der Waals surface area (Å²) in [5, 5.41) is 0.631. The topological polar surface area (TPSA) is 24.1 Å². The van der Waals surface area contributed by atoms with Crippen molar-refractivity contribution in [1.82, 2.24) is 9.96 Å². The average molecular weight is 216 g/mol. The molecule has 0 fully saturated rings. The Kier molecular flexibility index (Phi) is 4.37. The first-order chi connectivity index (χ1) is 6.12. The van der Waals surface area contributed by atoms with Gasteiger partial charge in [-0.25, -0.2) is 0 Å². The van der Waals surface area contributed by atoms with Gasteiger partial charge in [0, 0.05) is 0 Å². The summed E-state index contributed by atoms with van der Waals surface area (Å²) in [7, 11) is 0.430. The maximum atomic E-state index is 3.75. The molecule has 2 N–H and O–H groups in total. The first-order valence-electron chi connectivity index (χ1n) is 5.56. The van der Waals surface area contributed by atoms with Crippen molar-refractivity contribution in [2.75, 3.05) is 13.6 Å². The highest BCUT2D eigenvalue weighted by Gasteiger charge is 2.52. The van der Waals surface area contributed by atoms with Crippen molar-refractivity contribution in [2.24, 2.45) is 0 Å². The maximum Gasteiger partial charge on any atom is 0.212 e. The van der Waals surface area contributed by atoms with Crippen LogP contribution in [0.4, 0.5) is 0 Å². The minimum absolute atomic E-state index is 0.315. The Morgan fingerprint density at radius 1 is 0.929 bits per heavy atom. The number of nitrogens with one attached hydrogen (secondary N) is 2. The van der Waals surface area contributed by atoms with Crippen molar-refractivity contribution in [3.63, 3.8) is 0 Å². The predicted octanol–water partition coefficient (Wildman–Crippen LogP) is 2.86. The third-order valence-corrected chi connectivity index (χ3v) is 9.20. The van der Waals surface area contributed by atoms with E-state index in [9.17, 15) is 0 Å². The molecule has 0 atom stereocenters. The monoisotopic (exact) mass is 216 g/mol. The Morgan fingerprint density at radius 3 is 1.36 bits per heavy atom. The van der Waals surface area contributed by atoms with Crippen LogP contribution < -0.4 is 9.96 Å². The van der Waals surface area contributed by atoms with Gasteiger partial charge in [0.05, 0.1) is 0 Å². The Bertz CT molecular complexity index is 163. The molecule has 3 heteroatoms. The normalized spacial score (nSPS) is 14.6. The van der Waals surface area contributed by atoms with E-state index in [1.165, 1.54) is 0 Å². The Labute approximate surface area is 91.0 Å². The van der Waals surface area contributed by atoms with Gasteiger partial charge in [0.25, 0.3) is 0 Å². The second kappa shape index (κ2) is 4.33. The van der Waals surface area contributed by atoms with Crippen LogP contribution in [0.5, 0.6) is 0 Å². The smallest absolute Gasteiger partial charge is 0.212 e. The first-order valence-corrected chi connectivity index (χ1v) is 7.56. The zero-order valence-corrected chi connectivity index (χ0v) is 12.2. The van der Waals surface area contributed by atoms with Crippen LogP contribution in [-0.2, 0) is 0 Å². The Morgan fingerprint density at radius 2 is 1.29 bits per heavy atom. The molecule has 0 aromatic rings. The molecular formula is C11H28N2Si. The molecule has 0 rings (SSSR count). The van der Waals surface area contributed by atoms with Crippen molar-refractivity contribution < 1.29 is 0 Å². The van der Waals surface area contributed by atoms with Crippen molar-refractivity contribution in [2.45, 2.75) is 58.5 Å². The maximum absolute atomic E-state index is 3.75. The predicted molar refractivity (Wildman–Crippen MR) is 67.9 cm³/mol. The van der Waals surface area contributed by atoms with E-state index in [1.807, 2.05) is 0 Å². The highest BCUT2D eigenvalue weighted by atomic mass is 28.3. The van der Waals surface area contributed by atoms with Crippen molar-refractivity contribution in [3.8, 4) is 0 Å². The minimum Gasteiger partial charge on any atom is -0.327 e. The summed E-state index contributed by atoms with van der Waals surface area (Å²) in [6.45, 7) is 17.3. The highest BCUT2D eigenvalue weighted by molar-refractivity contribution is 6.80. The molecule has 0 spiro atoms. The molecule has 0 aliphatic rings. The molecule has 0 bridgehead atoms. The zero-order valence-electron chi connectivity index (χ0n) is 11.2. The summed E-state index contributed by atoms with van der Waals surface area (Å²) in [5.41, 5.74) is 0. The molecule has 0 unspecified atom stereocenters. The van der Waals surface area contributed by atoms with Crippen LogP contribution in [0.25, 0.3) is 0 Å². The van der Waals surface area contributed by atoms with E-state index in [2.05, 4.69) is 65.5 Å². The molecule has 0 saturated heterocycles. The number of hydrogen-bond donors (Lipinski definition) is 2. The van der Waals surface area contributed by atoms with E-state index >= 15 is 0 Å². The minimum atomic E-state index is -1.67. The fraction of sp³-hybridized carbons (Fsp3) is 1.00. The lowest BCUT2D eigenvalue weighted by Crippen LogP contribution is -2.71. The third-order valence-electron chi connectivity index (χ3n) is 3.07. The lowest BCUT2D eigenvalue weighted by atomic mass is 10.2. The largest absolute Gasteiger partial charge is 0.327 e. The van der Waals surface area contributed by atoms with Gasteiger partial charge in [-0.1, -0.05) is 48.5 Å². The van der Waals surface area contributed by atoms with Crippen molar-refractivity contribution in [3.05, 3.63) is 0 Å². The van der Waals surface area contributed by atoms with Crippen molar-refractivity contribution >= 4 is 8.40 Å². The van der Waals surface area contributed by atoms with Crippen LogP contribution in [0.1, 0.15) is 48.5 Å². The summed E-state index contributed by atoms with van der Waals surface area (Å²) in [6.07, 6.45) is 0.